The third-order valence-electron chi connectivity index (χ3n) is 3.82. The second-order valence-corrected chi connectivity index (χ2v) is 7.00. The maximum absolute atomic E-state index is 12.7. The lowest BCUT2D eigenvalue weighted by atomic mass is 10.2. The van der Waals surface area contributed by atoms with Crippen molar-refractivity contribution in [2.24, 2.45) is 0 Å². The predicted molar refractivity (Wildman–Crippen MR) is 89.5 cm³/mol. The molecule has 0 spiro atoms. The fourth-order valence-electron chi connectivity index (χ4n) is 2.56. The summed E-state index contributed by atoms with van der Waals surface area (Å²) in [5, 5.41) is 0. The Kier molecular flexibility index (Phi) is 4.46. The molecule has 0 saturated carbocycles. The maximum Gasteiger partial charge on any atom is 0.534 e. The summed E-state index contributed by atoms with van der Waals surface area (Å²) in [6.07, 6.45) is 1.45. The smallest absolute Gasteiger partial charge is 0.355 e. The highest BCUT2D eigenvalue weighted by atomic mass is 32.2. The predicted octanol–water partition coefficient (Wildman–Crippen LogP) is 2.45. The van der Waals surface area contributed by atoms with Gasteiger partial charge in [0.1, 0.15) is 5.82 Å². The van der Waals surface area contributed by atoms with Crippen LogP contribution in [0, 0.1) is 0 Å². The van der Waals surface area contributed by atoms with E-state index in [1.807, 2.05) is 0 Å². The van der Waals surface area contributed by atoms with Gasteiger partial charge in [-0.2, -0.15) is 26.6 Å². The van der Waals surface area contributed by atoms with E-state index in [1.54, 1.807) is 19.1 Å². The molecule has 1 amide bonds. The van der Waals surface area contributed by atoms with Crippen LogP contribution in [0.2, 0.25) is 0 Å². The molecule has 0 radical (unpaired) electrons. The molecule has 3 heterocycles. The van der Waals surface area contributed by atoms with Crippen molar-refractivity contribution in [2.75, 3.05) is 23.4 Å². The summed E-state index contributed by atoms with van der Waals surface area (Å²) >= 11 is 0. The summed E-state index contributed by atoms with van der Waals surface area (Å²) in [4.78, 5) is 23.5. The summed E-state index contributed by atoms with van der Waals surface area (Å²) in [7, 11) is -4.41. The average molecular weight is 402 g/mol. The Bertz CT molecular complexity index is 1010. The number of hydrogen-bond acceptors (Lipinski definition) is 7. The highest BCUT2D eigenvalue weighted by molar-refractivity contribution is 7.87. The molecule has 0 aliphatic carbocycles. The fraction of sp³-hybridized carbons (Fsp3) is 0.267. The van der Waals surface area contributed by atoms with Crippen LogP contribution in [0.3, 0.4) is 0 Å². The number of nitrogens with zero attached hydrogens (tertiary/aromatic N) is 4. The first-order valence-corrected chi connectivity index (χ1v) is 9.00. The van der Waals surface area contributed by atoms with Crippen LogP contribution in [0.5, 0.6) is 5.88 Å². The number of anilines is 3. The molecule has 0 aromatic carbocycles. The summed E-state index contributed by atoms with van der Waals surface area (Å²) in [6.45, 7) is 1.99. The first-order valence-electron chi connectivity index (χ1n) is 7.59. The molecule has 0 N–H and O–H groups in total. The number of amides is 1. The second-order valence-electron chi connectivity index (χ2n) is 5.46. The number of halogens is 3. The molecule has 1 aliphatic heterocycles. The van der Waals surface area contributed by atoms with Crippen molar-refractivity contribution < 1.29 is 30.6 Å². The van der Waals surface area contributed by atoms with Crippen LogP contribution in [-0.4, -0.2) is 43.4 Å². The number of hydrogen-bond donors (Lipinski definition) is 0. The average Bonchev–Trinajstić information content (AvgIpc) is 2.68. The number of alkyl halides is 3. The van der Waals surface area contributed by atoms with Gasteiger partial charge in [0.2, 0.25) is 5.88 Å². The van der Waals surface area contributed by atoms with Gasteiger partial charge < -0.3 is 14.0 Å². The molecule has 3 rings (SSSR count). The van der Waals surface area contributed by atoms with Crippen LogP contribution in [-0.2, 0) is 10.1 Å². The minimum absolute atomic E-state index is 0.0423. The summed E-state index contributed by atoms with van der Waals surface area (Å²) in [5.74, 6) is -0.877. The zero-order valence-corrected chi connectivity index (χ0v) is 14.9. The number of carbonyl (C=O) groups is 1. The third-order valence-corrected chi connectivity index (χ3v) is 4.78. The number of fused-ring (bicyclic) bond motifs is 2. The van der Waals surface area contributed by atoms with Crippen molar-refractivity contribution >= 4 is 33.3 Å². The normalized spacial score (nSPS) is 14.5. The lowest BCUT2D eigenvalue weighted by molar-refractivity contribution is -0.0501. The van der Waals surface area contributed by atoms with E-state index in [4.69, 9.17) is 0 Å². The third kappa shape index (κ3) is 3.16. The monoisotopic (exact) mass is 402 g/mol. The first-order chi connectivity index (χ1) is 12.6. The van der Waals surface area contributed by atoms with Crippen LogP contribution in [0.25, 0.3) is 0 Å². The van der Waals surface area contributed by atoms with Crippen molar-refractivity contribution in [1.29, 1.82) is 0 Å². The van der Waals surface area contributed by atoms with E-state index in [9.17, 15) is 26.4 Å². The van der Waals surface area contributed by atoms with Crippen LogP contribution in [0.1, 0.15) is 17.3 Å². The minimum atomic E-state index is -5.87. The van der Waals surface area contributed by atoms with Crippen LogP contribution in [0.15, 0.2) is 30.5 Å². The van der Waals surface area contributed by atoms with E-state index >= 15 is 0 Å². The molecule has 0 unspecified atom stereocenters. The van der Waals surface area contributed by atoms with Crippen molar-refractivity contribution in [3.05, 3.63) is 36.0 Å². The Labute approximate surface area is 152 Å². The van der Waals surface area contributed by atoms with Crippen molar-refractivity contribution in [1.82, 2.24) is 9.97 Å². The largest absolute Gasteiger partial charge is 0.534 e. The van der Waals surface area contributed by atoms with Crippen molar-refractivity contribution in [3.8, 4) is 5.88 Å². The highest BCUT2D eigenvalue weighted by Crippen LogP contribution is 2.39. The molecule has 27 heavy (non-hydrogen) atoms. The lowest BCUT2D eigenvalue weighted by Crippen LogP contribution is -2.29. The zero-order chi connectivity index (χ0) is 20.0. The van der Waals surface area contributed by atoms with Gasteiger partial charge in [0.15, 0.2) is 5.82 Å². The van der Waals surface area contributed by atoms with Gasteiger partial charge in [-0.3, -0.25) is 4.79 Å². The van der Waals surface area contributed by atoms with Gasteiger partial charge in [-0.25, -0.2) is 4.98 Å². The Hall–Kier alpha value is -2.89. The first kappa shape index (κ1) is 18.9. The Morgan fingerprint density at radius 2 is 1.89 bits per heavy atom. The van der Waals surface area contributed by atoms with Crippen molar-refractivity contribution in [3.63, 3.8) is 0 Å². The van der Waals surface area contributed by atoms with Crippen LogP contribution in [0.4, 0.5) is 30.5 Å². The molecule has 1 aliphatic rings. The molecule has 2 aromatic heterocycles. The van der Waals surface area contributed by atoms with Crippen LogP contribution >= 0.6 is 0 Å². The van der Waals surface area contributed by atoms with Gasteiger partial charge >= 0.3 is 15.6 Å². The van der Waals surface area contributed by atoms with E-state index in [0.29, 0.717) is 0 Å². The van der Waals surface area contributed by atoms with E-state index in [0.717, 1.165) is 6.07 Å². The van der Waals surface area contributed by atoms with Gasteiger partial charge in [0.05, 0.1) is 11.3 Å². The van der Waals surface area contributed by atoms with E-state index in [-0.39, 0.29) is 29.4 Å². The molecule has 144 valence electrons. The molecular weight excluding hydrogens is 389 g/mol. The fourth-order valence-corrected chi connectivity index (χ4v) is 2.97. The Morgan fingerprint density at radius 3 is 2.52 bits per heavy atom. The van der Waals surface area contributed by atoms with E-state index in [1.165, 1.54) is 29.1 Å². The van der Waals surface area contributed by atoms with E-state index in [2.05, 4.69) is 14.2 Å². The quantitative estimate of drug-likeness (QED) is 0.575. The molecule has 2 aromatic rings. The van der Waals surface area contributed by atoms with Gasteiger partial charge in [0.25, 0.3) is 5.91 Å². The molecule has 0 atom stereocenters. The minimum Gasteiger partial charge on any atom is -0.355 e. The summed E-state index contributed by atoms with van der Waals surface area (Å²) in [6, 6.07) is 5.34. The number of rotatable bonds is 3. The number of aromatic nitrogens is 2. The van der Waals surface area contributed by atoms with Gasteiger partial charge in [-0.15, -0.1) is 0 Å². The second kappa shape index (κ2) is 6.37. The maximum atomic E-state index is 12.7. The highest BCUT2D eigenvalue weighted by Gasteiger charge is 2.49. The summed E-state index contributed by atoms with van der Waals surface area (Å²) in [5.41, 5.74) is -5.06. The van der Waals surface area contributed by atoms with Crippen molar-refractivity contribution in [2.45, 2.75) is 12.4 Å². The number of carbonyl (C=O) groups excluding carboxylic acids is 1. The lowest BCUT2D eigenvalue weighted by Gasteiger charge is -2.23. The molecule has 0 fully saturated rings. The zero-order valence-electron chi connectivity index (χ0n) is 14.1. The Morgan fingerprint density at radius 1 is 1.19 bits per heavy atom. The number of pyridine rings is 2. The Balaban J connectivity index is 2.15. The topological polar surface area (TPSA) is 92.7 Å². The summed E-state index contributed by atoms with van der Waals surface area (Å²) < 4.78 is 64.3. The molecule has 8 nitrogen and oxygen atoms in total. The molecular formula is C15H13F3N4O4S. The van der Waals surface area contributed by atoms with Gasteiger partial charge in [-0.05, 0) is 25.1 Å². The molecule has 12 heteroatoms. The van der Waals surface area contributed by atoms with E-state index < -0.39 is 27.4 Å². The SMILES string of the molecule is CCN1c2ncccc2C(=O)N(C)c2ccc(OS(=O)(=O)C(F)(F)F)nc21. The van der Waals surface area contributed by atoms with Crippen LogP contribution < -0.4 is 14.0 Å². The van der Waals surface area contributed by atoms with Gasteiger partial charge in [0, 0.05) is 25.9 Å². The molecule has 0 saturated heterocycles. The standard InChI is InChI=1S/C15H13F3N4O4S/c1-3-22-12-9(5-4-8-19-12)14(23)21(2)10-6-7-11(20-13(10)22)26-27(24,25)15(16,17)18/h4-8H,3H2,1-2H3. The molecule has 0 bridgehead atoms. The van der Waals surface area contributed by atoms with Gasteiger partial charge in [-0.1, -0.05) is 0 Å².